The van der Waals surface area contributed by atoms with Crippen LogP contribution < -0.4 is 0 Å². The van der Waals surface area contributed by atoms with Crippen LogP contribution in [0.25, 0.3) is 0 Å². The van der Waals surface area contributed by atoms with Gasteiger partial charge in [0.05, 0.1) is 6.10 Å². The first kappa shape index (κ1) is 16.8. The van der Waals surface area contributed by atoms with Crippen molar-refractivity contribution in [2.24, 2.45) is 0 Å². The number of hydrogen-bond donors (Lipinski definition) is 1. The summed E-state index contributed by atoms with van der Waals surface area (Å²) in [4.78, 5) is 6.70. The summed E-state index contributed by atoms with van der Waals surface area (Å²) < 4.78 is 0. The normalized spacial score (nSPS) is 12.4. The van der Waals surface area contributed by atoms with Crippen molar-refractivity contribution < 1.29 is 5.11 Å². The number of pyridine rings is 1. The van der Waals surface area contributed by atoms with Crippen LogP contribution in [0.15, 0.2) is 71.6 Å². The van der Waals surface area contributed by atoms with Gasteiger partial charge < -0.3 is 5.11 Å². The van der Waals surface area contributed by atoms with Crippen LogP contribution in [-0.4, -0.2) is 28.1 Å². The van der Waals surface area contributed by atoms with E-state index in [-0.39, 0.29) is 0 Å². The molecule has 3 rings (SSSR count). The zero-order valence-electron chi connectivity index (χ0n) is 13.6. The molecular formula is C20H22N2OS. The van der Waals surface area contributed by atoms with Gasteiger partial charge in [-0.3, -0.25) is 9.88 Å². The maximum absolute atomic E-state index is 10.5. The molecule has 0 fully saturated rings. The van der Waals surface area contributed by atoms with Gasteiger partial charge in [0, 0.05) is 37.9 Å². The summed E-state index contributed by atoms with van der Waals surface area (Å²) in [6.07, 6.45) is 2.25. The van der Waals surface area contributed by atoms with Gasteiger partial charge in [-0.25, -0.2) is 0 Å². The first-order chi connectivity index (χ1) is 11.8. The fourth-order valence-corrected chi connectivity index (χ4v) is 3.42. The molecule has 0 amide bonds. The molecular weight excluding hydrogens is 316 g/mol. The van der Waals surface area contributed by atoms with Crippen LogP contribution in [0.4, 0.5) is 0 Å². The molecule has 4 heteroatoms. The second kappa shape index (κ2) is 8.73. The SMILES string of the molecule is OC(CN(CCc1ccccn1)Cc1ccccc1)c1ccsc1. The number of aliphatic hydroxyl groups excluding tert-OH is 1. The summed E-state index contributed by atoms with van der Waals surface area (Å²) in [5.74, 6) is 0. The lowest BCUT2D eigenvalue weighted by Gasteiger charge is -2.25. The predicted octanol–water partition coefficient (Wildman–Crippen LogP) is 3.92. The van der Waals surface area contributed by atoms with E-state index in [2.05, 4.69) is 40.2 Å². The van der Waals surface area contributed by atoms with E-state index in [1.54, 1.807) is 11.3 Å². The Morgan fingerprint density at radius 3 is 2.58 bits per heavy atom. The molecule has 2 aromatic heterocycles. The van der Waals surface area contributed by atoms with Crippen LogP contribution in [0.5, 0.6) is 0 Å². The molecule has 124 valence electrons. The summed E-state index contributed by atoms with van der Waals surface area (Å²) in [6, 6.07) is 18.4. The lowest BCUT2D eigenvalue weighted by atomic mass is 10.1. The molecule has 3 nitrogen and oxygen atoms in total. The van der Waals surface area contributed by atoms with Crippen LogP contribution in [-0.2, 0) is 13.0 Å². The molecule has 0 aliphatic rings. The Hall–Kier alpha value is -2.01. The van der Waals surface area contributed by atoms with E-state index >= 15 is 0 Å². The van der Waals surface area contributed by atoms with Crippen molar-refractivity contribution in [1.82, 2.24) is 9.88 Å². The van der Waals surface area contributed by atoms with Crippen LogP contribution in [0.3, 0.4) is 0 Å². The highest BCUT2D eigenvalue weighted by Crippen LogP contribution is 2.18. The first-order valence-corrected chi connectivity index (χ1v) is 9.12. The molecule has 1 unspecified atom stereocenters. The fraction of sp³-hybridized carbons (Fsp3) is 0.250. The van der Waals surface area contributed by atoms with Crippen LogP contribution >= 0.6 is 11.3 Å². The lowest BCUT2D eigenvalue weighted by Crippen LogP contribution is -2.30. The number of rotatable bonds is 8. The summed E-state index contributed by atoms with van der Waals surface area (Å²) in [5, 5.41) is 14.5. The average molecular weight is 338 g/mol. The Morgan fingerprint density at radius 1 is 1.04 bits per heavy atom. The summed E-state index contributed by atoms with van der Waals surface area (Å²) in [6.45, 7) is 2.32. The quantitative estimate of drug-likeness (QED) is 0.676. The minimum Gasteiger partial charge on any atom is -0.387 e. The fourth-order valence-electron chi connectivity index (χ4n) is 2.71. The van der Waals surface area contributed by atoms with E-state index < -0.39 is 6.10 Å². The molecule has 24 heavy (non-hydrogen) atoms. The third-order valence-electron chi connectivity index (χ3n) is 4.02. The van der Waals surface area contributed by atoms with Crippen molar-refractivity contribution in [3.05, 3.63) is 88.4 Å². The van der Waals surface area contributed by atoms with Crippen molar-refractivity contribution in [3.8, 4) is 0 Å². The molecule has 3 aromatic rings. The third kappa shape index (κ3) is 4.99. The molecule has 1 N–H and O–H groups in total. The molecule has 0 saturated heterocycles. The number of benzene rings is 1. The number of aliphatic hydroxyl groups is 1. The van der Waals surface area contributed by atoms with Gasteiger partial charge in [-0.15, -0.1) is 0 Å². The molecule has 1 atom stereocenters. The van der Waals surface area contributed by atoms with Gasteiger partial charge in [0.2, 0.25) is 0 Å². The van der Waals surface area contributed by atoms with Crippen molar-refractivity contribution in [2.75, 3.05) is 13.1 Å². The van der Waals surface area contributed by atoms with Gasteiger partial charge in [0.25, 0.3) is 0 Å². The van der Waals surface area contributed by atoms with E-state index in [4.69, 9.17) is 0 Å². The Labute approximate surface area is 147 Å². The molecule has 0 saturated carbocycles. The zero-order chi connectivity index (χ0) is 16.6. The largest absolute Gasteiger partial charge is 0.387 e. The standard InChI is InChI=1S/C20H22N2OS/c23-20(18-10-13-24-16-18)15-22(14-17-6-2-1-3-7-17)12-9-19-8-4-5-11-21-19/h1-8,10-11,13,16,20,23H,9,12,14-15H2. The maximum Gasteiger partial charge on any atom is 0.0925 e. The molecule has 1 aromatic carbocycles. The summed E-state index contributed by atoms with van der Waals surface area (Å²) in [7, 11) is 0. The molecule has 0 aliphatic heterocycles. The molecule has 0 radical (unpaired) electrons. The Bertz CT molecular complexity index is 701. The van der Waals surface area contributed by atoms with Crippen LogP contribution in [0, 0.1) is 0 Å². The zero-order valence-corrected chi connectivity index (χ0v) is 14.4. The minimum absolute atomic E-state index is 0.455. The van der Waals surface area contributed by atoms with Gasteiger partial charge in [0.15, 0.2) is 0 Å². The molecule has 2 heterocycles. The van der Waals surface area contributed by atoms with Gasteiger partial charge >= 0.3 is 0 Å². The second-order valence-corrected chi connectivity index (χ2v) is 6.64. The maximum atomic E-state index is 10.5. The summed E-state index contributed by atoms with van der Waals surface area (Å²) in [5.41, 5.74) is 3.34. The molecule has 0 spiro atoms. The highest BCUT2D eigenvalue weighted by molar-refractivity contribution is 7.07. The number of thiophene rings is 1. The van der Waals surface area contributed by atoms with Crippen LogP contribution in [0.1, 0.15) is 22.9 Å². The topological polar surface area (TPSA) is 36.4 Å². The van der Waals surface area contributed by atoms with E-state index in [1.807, 2.05) is 41.2 Å². The van der Waals surface area contributed by atoms with E-state index in [1.165, 1.54) is 5.56 Å². The Morgan fingerprint density at radius 2 is 1.88 bits per heavy atom. The third-order valence-corrected chi connectivity index (χ3v) is 4.72. The van der Waals surface area contributed by atoms with Gasteiger partial charge in [-0.1, -0.05) is 36.4 Å². The van der Waals surface area contributed by atoms with E-state index in [9.17, 15) is 5.11 Å². The summed E-state index contributed by atoms with van der Waals surface area (Å²) >= 11 is 1.62. The van der Waals surface area contributed by atoms with Gasteiger partial charge in [-0.2, -0.15) is 11.3 Å². The van der Waals surface area contributed by atoms with Crippen molar-refractivity contribution in [3.63, 3.8) is 0 Å². The number of hydrogen-bond acceptors (Lipinski definition) is 4. The highest BCUT2D eigenvalue weighted by Gasteiger charge is 2.14. The minimum atomic E-state index is -0.455. The average Bonchev–Trinajstić information content (AvgIpc) is 3.16. The monoisotopic (exact) mass is 338 g/mol. The Kier molecular flexibility index (Phi) is 6.13. The highest BCUT2D eigenvalue weighted by atomic mass is 32.1. The van der Waals surface area contributed by atoms with Crippen molar-refractivity contribution in [1.29, 1.82) is 0 Å². The van der Waals surface area contributed by atoms with Gasteiger partial charge in [0.1, 0.15) is 0 Å². The lowest BCUT2D eigenvalue weighted by molar-refractivity contribution is 0.110. The van der Waals surface area contributed by atoms with Crippen molar-refractivity contribution in [2.45, 2.75) is 19.1 Å². The number of nitrogens with zero attached hydrogens (tertiary/aromatic N) is 2. The van der Waals surface area contributed by atoms with Crippen LogP contribution in [0.2, 0.25) is 0 Å². The first-order valence-electron chi connectivity index (χ1n) is 8.17. The van der Waals surface area contributed by atoms with Crippen molar-refractivity contribution >= 4 is 11.3 Å². The number of aromatic nitrogens is 1. The predicted molar refractivity (Wildman–Crippen MR) is 98.9 cm³/mol. The smallest absolute Gasteiger partial charge is 0.0925 e. The Balaban J connectivity index is 1.65. The van der Waals surface area contributed by atoms with Gasteiger partial charge in [-0.05, 0) is 40.1 Å². The van der Waals surface area contributed by atoms with E-state index in [0.29, 0.717) is 6.54 Å². The van der Waals surface area contributed by atoms with E-state index in [0.717, 1.165) is 30.8 Å². The second-order valence-electron chi connectivity index (χ2n) is 5.86. The molecule has 0 aliphatic carbocycles. The molecule has 0 bridgehead atoms.